The van der Waals surface area contributed by atoms with E-state index in [-0.39, 0.29) is 17.3 Å². The molecule has 0 atom stereocenters. The number of nitrogens with zero attached hydrogens (tertiary/aromatic N) is 2. The first-order valence-electron chi connectivity index (χ1n) is 10.7. The number of fused-ring (bicyclic) bond motifs is 1. The summed E-state index contributed by atoms with van der Waals surface area (Å²) in [4.78, 5) is 15.0. The van der Waals surface area contributed by atoms with Crippen LogP contribution in [0.2, 0.25) is 0 Å². The second-order valence-electron chi connectivity index (χ2n) is 8.14. The van der Waals surface area contributed by atoms with E-state index in [1.54, 1.807) is 32.2 Å². The predicted octanol–water partition coefficient (Wildman–Crippen LogP) is 2.02. The lowest BCUT2D eigenvalue weighted by Crippen LogP contribution is -2.40. The molecule has 0 radical (unpaired) electrons. The molecule has 1 fully saturated rings. The minimum absolute atomic E-state index is 0.171. The number of rotatable bonds is 6. The summed E-state index contributed by atoms with van der Waals surface area (Å²) in [6.45, 7) is 4.90. The molecular formula is C23H29N3O5S. The maximum atomic E-state index is 13.1. The van der Waals surface area contributed by atoms with Gasteiger partial charge in [-0.2, -0.15) is 4.31 Å². The first kappa shape index (κ1) is 22.7. The summed E-state index contributed by atoms with van der Waals surface area (Å²) in [5.74, 6) is 0.638. The number of ether oxygens (including phenoxy) is 2. The number of anilines is 1. The van der Waals surface area contributed by atoms with Gasteiger partial charge < -0.3 is 14.8 Å². The fourth-order valence-electron chi connectivity index (χ4n) is 4.14. The van der Waals surface area contributed by atoms with Crippen LogP contribution in [0.5, 0.6) is 5.75 Å². The smallest absolute Gasteiger partial charge is 0.243 e. The molecule has 0 saturated carbocycles. The third-order valence-electron chi connectivity index (χ3n) is 5.93. The zero-order valence-electron chi connectivity index (χ0n) is 18.5. The normalized spacial score (nSPS) is 17.6. The molecule has 2 aliphatic rings. The molecule has 0 bridgehead atoms. The van der Waals surface area contributed by atoms with E-state index < -0.39 is 10.0 Å². The molecule has 1 amide bonds. The minimum Gasteiger partial charge on any atom is -0.497 e. The van der Waals surface area contributed by atoms with Gasteiger partial charge in [0.25, 0.3) is 0 Å². The predicted molar refractivity (Wildman–Crippen MR) is 121 cm³/mol. The highest BCUT2D eigenvalue weighted by atomic mass is 32.2. The summed E-state index contributed by atoms with van der Waals surface area (Å²) in [5.41, 5.74) is 3.57. The lowest BCUT2D eigenvalue weighted by Gasteiger charge is -2.28. The molecule has 4 rings (SSSR count). The number of carbonyl (C=O) groups excluding carboxylic acids is 1. The van der Waals surface area contributed by atoms with E-state index in [2.05, 4.69) is 16.3 Å². The number of sulfonamides is 1. The van der Waals surface area contributed by atoms with Crippen LogP contribution in [0, 0.1) is 6.92 Å². The molecule has 0 aliphatic carbocycles. The molecule has 1 saturated heterocycles. The van der Waals surface area contributed by atoms with E-state index in [1.165, 1.54) is 9.87 Å². The summed E-state index contributed by atoms with van der Waals surface area (Å²) in [6, 6.07) is 11.1. The van der Waals surface area contributed by atoms with Crippen LogP contribution in [0.1, 0.15) is 16.7 Å². The standard InChI is InChI=1S/C23H29N3O5S/c1-17-3-5-20(14-22(17)32(28,29)26-9-11-31-12-10-26)24-23(27)16-25-8-7-18-4-6-21(30-2)13-19(18)15-25/h3-6,13-14H,7-12,15-16H2,1-2H3,(H,24,27). The van der Waals surface area contributed by atoms with Crippen LogP contribution in [-0.2, 0) is 32.5 Å². The van der Waals surface area contributed by atoms with Gasteiger partial charge in [-0.1, -0.05) is 12.1 Å². The van der Waals surface area contributed by atoms with Gasteiger partial charge in [0.05, 0.1) is 31.8 Å². The quantitative estimate of drug-likeness (QED) is 0.711. The Bertz CT molecular complexity index is 1100. The van der Waals surface area contributed by atoms with Crippen LogP contribution in [-0.4, -0.2) is 70.0 Å². The van der Waals surface area contributed by atoms with Crippen molar-refractivity contribution in [3.8, 4) is 5.75 Å². The fraction of sp³-hybridized carbons (Fsp3) is 0.435. The SMILES string of the molecule is COc1ccc2c(c1)CN(CC(=O)Nc1ccc(C)c(S(=O)(=O)N3CCOCC3)c1)CC2. The topological polar surface area (TPSA) is 88.2 Å². The third kappa shape index (κ3) is 4.96. The number of nitrogens with one attached hydrogen (secondary N) is 1. The zero-order valence-corrected chi connectivity index (χ0v) is 19.3. The van der Waals surface area contributed by atoms with Crippen molar-refractivity contribution >= 4 is 21.6 Å². The van der Waals surface area contributed by atoms with Crippen LogP contribution < -0.4 is 10.1 Å². The van der Waals surface area contributed by atoms with Crippen LogP contribution in [0.4, 0.5) is 5.69 Å². The molecule has 0 unspecified atom stereocenters. The number of hydrogen-bond donors (Lipinski definition) is 1. The molecule has 2 aromatic rings. The summed E-state index contributed by atoms with van der Waals surface area (Å²) < 4.78 is 38.2. The maximum absolute atomic E-state index is 13.1. The zero-order chi connectivity index (χ0) is 22.7. The number of amides is 1. The van der Waals surface area contributed by atoms with Gasteiger partial charge in [-0.3, -0.25) is 9.69 Å². The largest absolute Gasteiger partial charge is 0.497 e. The van der Waals surface area contributed by atoms with Gasteiger partial charge in [-0.05, 0) is 54.3 Å². The number of hydrogen-bond acceptors (Lipinski definition) is 6. The number of aryl methyl sites for hydroxylation is 1. The molecule has 2 aliphatic heterocycles. The highest BCUT2D eigenvalue weighted by molar-refractivity contribution is 7.89. The van der Waals surface area contributed by atoms with Crippen molar-refractivity contribution in [1.82, 2.24) is 9.21 Å². The van der Waals surface area contributed by atoms with Crippen molar-refractivity contribution in [3.63, 3.8) is 0 Å². The van der Waals surface area contributed by atoms with E-state index in [0.717, 1.165) is 24.3 Å². The Morgan fingerprint density at radius 3 is 2.62 bits per heavy atom. The Morgan fingerprint density at radius 1 is 1.09 bits per heavy atom. The van der Waals surface area contributed by atoms with E-state index in [4.69, 9.17) is 9.47 Å². The number of morpholine rings is 1. The van der Waals surface area contributed by atoms with Crippen molar-refractivity contribution in [2.45, 2.75) is 24.8 Å². The molecule has 9 heteroatoms. The maximum Gasteiger partial charge on any atom is 0.243 e. The second kappa shape index (κ2) is 9.58. The summed E-state index contributed by atoms with van der Waals surface area (Å²) in [7, 11) is -1.99. The van der Waals surface area contributed by atoms with Crippen molar-refractivity contribution < 1.29 is 22.7 Å². The molecule has 0 spiro atoms. The minimum atomic E-state index is -3.64. The Kier molecular flexibility index (Phi) is 6.80. The summed E-state index contributed by atoms with van der Waals surface area (Å²) >= 11 is 0. The molecular weight excluding hydrogens is 430 g/mol. The lowest BCUT2D eigenvalue weighted by molar-refractivity contribution is -0.117. The molecule has 2 aromatic carbocycles. The van der Waals surface area contributed by atoms with Crippen LogP contribution in [0.25, 0.3) is 0 Å². The monoisotopic (exact) mass is 459 g/mol. The van der Waals surface area contributed by atoms with Gasteiger partial charge in [-0.25, -0.2) is 8.42 Å². The van der Waals surface area contributed by atoms with Crippen LogP contribution >= 0.6 is 0 Å². The average Bonchev–Trinajstić information content (AvgIpc) is 2.80. The Balaban J connectivity index is 1.43. The van der Waals surface area contributed by atoms with E-state index in [1.807, 2.05) is 12.1 Å². The molecule has 32 heavy (non-hydrogen) atoms. The number of methoxy groups -OCH3 is 1. The first-order valence-corrected chi connectivity index (χ1v) is 12.2. The van der Waals surface area contributed by atoms with Crippen molar-refractivity contribution in [1.29, 1.82) is 0 Å². The first-order chi connectivity index (χ1) is 15.4. The van der Waals surface area contributed by atoms with E-state index in [0.29, 0.717) is 44.1 Å². The highest BCUT2D eigenvalue weighted by Gasteiger charge is 2.28. The Morgan fingerprint density at radius 2 is 1.88 bits per heavy atom. The van der Waals surface area contributed by atoms with Gasteiger partial charge in [0.15, 0.2) is 0 Å². The van der Waals surface area contributed by atoms with E-state index in [9.17, 15) is 13.2 Å². The van der Waals surface area contributed by atoms with Gasteiger partial charge >= 0.3 is 0 Å². The molecule has 8 nitrogen and oxygen atoms in total. The third-order valence-corrected chi connectivity index (χ3v) is 7.97. The summed E-state index contributed by atoms with van der Waals surface area (Å²) in [5, 5.41) is 2.87. The molecule has 1 N–H and O–H groups in total. The summed E-state index contributed by atoms with van der Waals surface area (Å²) in [6.07, 6.45) is 0.874. The Hall–Kier alpha value is -2.46. The van der Waals surface area contributed by atoms with Crippen LogP contribution in [0.15, 0.2) is 41.3 Å². The molecule has 2 heterocycles. The van der Waals surface area contributed by atoms with Crippen LogP contribution in [0.3, 0.4) is 0 Å². The van der Waals surface area contributed by atoms with Gasteiger partial charge in [-0.15, -0.1) is 0 Å². The van der Waals surface area contributed by atoms with Gasteiger partial charge in [0, 0.05) is 31.9 Å². The Labute approximate surface area is 189 Å². The molecule has 172 valence electrons. The highest BCUT2D eigenvalue weighted by Crippen LogP contribution is 2.26. The average molecular weight is 460 g/mol. The van der Waals surface area contributed by atoms with E-state index >= 15 is 0 Å². The van der Waals surface area contributed by atoms with Crippen molar-refractivity contribution in [2.24, 2.45) is 0 Å². The number of carbonyl (C=O) groups is 1. The number of benzene rings is 2. The van der Waals surface area contributed by atoms with Crippen molar-refractivity contribution in [3.05, 3.63) is 53.1 Å². The fourth-order valence-corrected chi connectivity index (χ4v) is 5.80. The lowest BCUT2D eigenvalue weighted by atomic mass is 9.99. The van der Waals surface area contributed by atoms with Gasteiger partial charge in [0.1, 0.15) is 5.75 Å². The second-order valence-corrected chi connectivity index (χ2v) is 10.0. The van der Waals surface area contributed by atoms with Crippen molar-refractivity contribution in [2.75, 3.05) is 51.8 Å². The molecule has 0 aromatic heterocycles. The van der Waals surface area contributed by atoms with Gasteiger partial charge in [0.2, 0.25) is 15.9 Å².